The Morgan fingerprint density at radius 1 is 1.62 bits per heavy atom. The molecule has 76 valence electrons. The van der Waals surface area contributed by atoms with E-state index in [1.165, 1.54) is 11.8 Å². The lowest BCUT2D eigenvalue weighted by Gasteiger charge is -2.37. The van der Waals surface area contributed by atoms with Gasteiger partial charge in [0, 0.05) is 12.6 Å². The molecule has 0 aromatic heterocycles. The van der Waals surface area contributed by atoms with Gasteiger partial charge in [0.25, 0.3) is 0 Å². The van der Waals surface area contributed by atoms with Gasteiger partial charge in [-0.25, -0.2) is 0 Å². The van der Waals surface area contributed by atoms with Crippen molar-refractivity contribution in [2.24, 2.45) is 0 Å². The highest BCUT2D eigenvalue weighted by Gasteiger charge is 2.33. The number of aliphatic hydroxyl groups excluding tert-OH is 1. The van der Waals surface area contributed by atoms with E-state index >= 15 is 0 Å². The Morgan fingerprint density at radius 2 is 2.23 bits per heavy atom. The van der Waals surface area contributed by atoms with Crippen LogP contribution in [-0.2, 0) is 4.79 Å². The van der Waals surface area contributed by atoms with Crippen molar-refractivity contribution in [2.75, 3.05) is 12.8 Å². The highest BCUT2D eigenvalue weighted by Crippen LogP contribution is 2.23. The minimum absolute atomic E-state index is 0.0499. The van der Waals surface area contributed by atoms with Crippen LogP contribution in [0.1, 0.15) is 20.3 Å². The molecule has 1 amide bonds. The summed E-state index contributed by atoms with van der Waals surface area (Å²) in [7, 11) is 0. The van der Waals surface area contributed by atoms with Gasteiger partial charge in [-0.05, 0) is 26.5 Å². The van der Waals surface area contributed by atoms with Crippen LogP contribution in [0.25, 0.3) is 0 Å². The van der Waals surface area contributed by atoms with E-state index in [1.807, 2.05) is 20.1 Å². The average molecular weight is 203 g/mol. The molecule has 1 N–H and O–H groups in total. The Labute approximate surface area is 83.5 Å². The van der Waals surface area contributed by atoms with Crippen molar-refractivity contribution in [3.63, 3.8) is 0 Å². The second-order valence-corrected chi connectivity index (χ2v) is 4.74. The number of hydrogen-bond acceptors (Lipinski definition) is 3. The van der Waals surface area contributed by atoms with Crippen molar-refractivity contribution >= 4 is 17.7 Å². The minimum atomic E-state index is -0.349. The van der Waals surface area contributed by atoms with Gasteiger partial charge in [0.1, 0.15) is 0 Å². The maximum Gasteiger partial charge on any atom is 0.236 e. The number of piperidine rings is 1. The van der Waals surface area contributed by atoms with Crippen molar-refractivity contribution < 1.29 is 9.90 Å². The molecule has 1 aliphatic heterocycles. The maximum atomic E-state index is 11.7. The maximum absolute atomic E-state index is 11.7. The first-order valence-corrected chi connectivity index (χ1v) is 5.86. The molecule has 0 aromatic carbocycles. The quantitative estimate of drug-likeness (QED) is 0.719. The number of thioether (sulfide) groups is 1. The van der Waals surface area contributed by atoms with Gasteiger partial charge < -0.3 is 10.0 Å². The highest BCUT2D eigenvalue weighted by molar-refractivity contribution is 7.99. The van der Waals surface area contributed by atoms with Crippen LogP contribution in [0.5, 0.6) is 0 Å². The van der Waals surface area contributed by atoms with Crippen LogP contribution in [-0.4, -0.2) is 46.1 Å². The number of carbonyl (C=O) groups excluding carboxylic acids is 1. The first kappa shape index (κ1) is 10.9. The fraction of sp³-hybridized carbons (Fsp3) is 0.889. The lowest BCUT2D eigenvalue weighted by Crippen LogP contribution is -2.51. The topological polar surface area (TPSA) is 40.5 Å². The molecule has 0 spiro atoms. The summed E-state index contributed by atoms with van der Waals surface area (Å²) in [4.78, 5) is 13.5. The molecular formula is C9H17NO2S. The Balaban J connectivity index is 2.69. The van der Waals surface area contributed by atoms with Crippen LogP contribution in [0.4, 0.5) is 0 Å². The number of rotatable bonds is 2. The number of β-amino-alcohol motifs (C(OH)–C–C–N with tert-alkyl or cyclic N) is 1. The summed E-state index contributed by atoms with van der Waals surface area (Å²) in [6.45, 7) is 4.45. The number of carbonyl (C=O) groups is 1. The summed E-state index contributed by atoms with van der Waals surface area (Å²) < 4.78 is 0. The predicted molar refractivity (Wildman–Crippen MR) is 54.8 cm³/mol. The van der Waals surface area contributed by atoms with Crippen molar-refractivity contribution in [1.29, 1.82) is 0 Å². The zero-order chi connectivity index (χ0) is 10.0. The third kappa shape index (κ3) is 2.38. The monoisotopic (exact) mass is 203 g/mol. The van der Waals surface area contributed by atoms with E-state index in [9.17, 15) is 9.90 Å². The molecule has 1 rings (SSSR count). The zero-order valence-electron chi connectivity index (χ0n) is 8.36. The fourth-order valence-electron chi connectivity index (χ4n) is 1.59. The second-order valence-electron chi connectivity index (χ2n) is 3.70. The molecule has 0 saturated carbocycles. The van der Waals surface area contributed by atoms with Gasteiger partial charge in [0.15, 0.2) is 0 Å². The van der Waals surface area contributed by atoms with Crippen molar-refractivity contribution in [2.45, 2.75) is 37.7 Å². The number of hydrogen-bond donors (Lipinski definition) is 1. The molecule has 13 heavy (non-hydrogen) atoms. The summed E-state index contributed by atoms with van der Waals surface area (Å²) in [6, 6.07) is 0.192. The molecule has 0 aromatic rings. The number of likely N-dealkylation sites (tertiary alicyclic amines) is 1. The van der Waals surface area contributed by atoms with Crippen LogP contribution in [0.15, 0.2) is 0 Å². The van der Waals surface area contributed by atoms with Crippen LogP contribution in [0.2, 0.25) is 0 Å². The molecule has 0 bridgehead atoms. The van der Waals surface area contributed by atoms with Gasteiger partial charge >= 0.3 is 0 Å². The molecule has 1 saturated heterocycles. The van der Waals surface area contributed by atoms with Crippen molar-refractivity contribution in [3.05, 3.63) is 0 Å². The van der Waals surface area contributed by atoms with E-state index in [0.29, 0.717) is 13.0 Å². The minimum Gasteiger partial charge on any atom is -0.391 e. The van der Waals surface area contributed by atoms with Gasteiger partial charge in [-0.15, -0.1) is 0 Å². The smallest absolute Gasteiger partial charge is 0.236 e. The highest BCUT2D eigenvalue weighted by atomic mass is 32.2. The third-order valence-corrected chi connectivity index (χ3v) is 3.32. The Morgan fingerprint density at radius 3 is 2.69 bits per heavy atom. The Kier molecular flexibility index (Phi) is 3.62. The van der Waals surface area contributed by atoms with Crippen LogP contribution in [0.3, 0.4) is 0 Å². The normalized spacial score (nSPS) is 29.9. The first-order chi connectivity index (χ1) is 6.06. The first-order valence-electron chi connectivity index (χ1n) is 4.57. The summed E-state index contributed by atoms with van der Waals surface area (Å²) in [5.41, 5.74) is 0. The lowest BCUT2D eigenvalue weighted by molar-refractivity contribution is -0.137. The molecule has 0 aliphatic carbocycles. The summed E-state index contributed by atoms with van der Waals surface area (Å²) >= 11 is 1.53. The summed E-state index contributed by atoms with van der Waals surface area (Å²) in [5, 5.41) is 9.49. The van der Waals surface area contributed by atoms with E-state index < -0.39 is 0 Å². The molecule has 1 aliphatic rings. The molecule has 1 heterocycles. The second kappa shape index (κ2) is 4.33. The lowest BCUT2D eigenvalue weighted by atomic mass is 10.1. The van der Waals surface area contributed by atoms with Crippen LogP contribution < -0.4 is 0 Å². The molecule has 2 atom stereocenters. The fourth-order valence-corrected chi connectivity index (χ4v) is 2.34. The van der Waals surface area contributed by atoms with Gasteiger partial charge in [-0.2, -0.15) is 11.8 Å². The van der Waals surface area contributed by atoms with E-state index in [2.05, 4.69) is 0 Å². The third-order valence-electron chi connectivity index (χ3n) is 2.36. The van der Waals surface area contributed by atoms with Gasteiger partial charge in [0.2, 0.25) is 5.91 Å². The van der Waals surface area contributed by atoms with E-state index in [1.54, 1.807) is 4.90 Å². The average Bonchev–Trinajstić information content (AvgIpc) is 2.08. The standard InChI is InChI=1S/C9H17NO2S/c1-6(2)10-5-7(11)4-8(13-3)9(10)12/h6-8,11H,4-5H2,1-3H3/t7?,8-/m1/s1. The van der Waals surface area contributed by atoms with E-state index in [4.69, 9.17) is 0 Å². The summed E-state index contributed by atoms with van der Waals surface area (Å²) in [6.07, 6.45) is 2.17. The molecule has 3 nitrogen and oxygen atoms in total. The molecule has 4 heteroatoms. The van der Waals surface area contributed by atoms with Gasteiger partial charge in [0.05, 0.1) is 11.4 Å². The molecular weight excluding hydrogens is 186 g/mol. The number of nitrogens with zero attached hydrogens (tertiary/aromatic N) is 1. The number of amides is 1. The molecule has 0 radical (unpaired) electrons. The predicted octanol–water partition coefficient (Wildman–Crippen LogP) is 0.720. The Hall–Kier alpha value is -0.220. The largest absolute Gasteiger partial charge is 0.391 e. The van der Waals surface area contributed by atoms with Gasteiger partial charge in [-0.1, -0.05) is 0 Å². The zero-order valence-corrected chi connectivity index (χ0v) is 9.17. The number of aliphatic hydroxyl groups is 1. The molecule has 1 fully saturated rings. The van der Waals surface area contributed by atoms with Crippen molar-refractivity contribution in [3.8, 4) is 0 Å². The SMILES string of the molecule is CS[C@@H]1CC(O)CN(C(C)C)C1=O. The molecule has 1 unspecified atom stereocenters. The van der Waals surface area contributed by atoms with Crippen LogP contribution in [0, 0.1) is 0 Å². The summed E-state index contributed by atoms with van der Waals surface area (Å²) in [5.74, 6) is 0.174. The van der Waals surface area contributed by atoms with E-state index in [-0.39, 0.29) is 23.3 Å². The van der Waals surface area contributed by atoms with Gasteiger partial charge in [-0.3, -0.25) is 4.79 Å². The van der Waals surface area contributed by atoms with Crippen molar-refractivity contribution in [1.82, 2.24) is 4.90 Å². The van der Waals surface area contributed by atoms with Crippen LogP contribution >= 0.6 is 11.8 Å². The van der Waals surface area contributed by atoms with E-state index in [0.717, 1.165) is 0 Å². The Bertz CT molecular complexity index is 196.